The molecule has 94 valence electrons. The van der Waals surface area contributed by atoms with Crippen molar-refractivity contribution in [2.45, 2.75) is 13.5 Å². The smallest absolute Gasteiger partial charge is 0.223 e. The fourth-order valence-electron chi connectivity index (χ4n) is 1.54. The lowest BCUT2D eigenvalue weighted by molar-refractivity contribution is 0.411. The number of rotatable bonds is 4. The number of phenols is 1. The second-order valence-corrected chi connectivity index (χ2v) is 3.87. The van der Waals surface area contributed by atoms with Crippen LogP contribution in [0.4, 0.5) is 5.95 Å². The molecule has 0 saturated carbocycles. The fraction of sp³-hybridized carbons (Fsp3) is 0.231. The van der Waals surface area contributed by atoms with Crippen molar-refractivity contribution in [2.75, 3.05) is 12.4 Å². The van der Waals surface area contributed by atoms with Crippen molar-refractivity contribution >= 4 is 5.95 Å². The molecule has 1 aromatic heterocycles. The molecule has 0 radical (unpaired) electrons. The number of ether oxygens (including phenoxy) is 1. The number of hydrogen-bond acceptors (Lipinski definition) is 5. The molecule has 2 N–H and O–H groups in total. The van der Waals surface area contributed by atoms with Gasteiger partial charge in [-0.2, -0.15) is 0 Å². The van der Waals surface area contributed by atoms with E-state index in [1.165, 1.54) is 0 Å². The Morgan fingerprint density at radius 3 is 2.89 bits per heavy atom. The summed E-state index contributed by atoms with van der Waals surface area (Å²) in [5.74, 6) is 1.46. The molecule has 0 aliphatic rings. The number of nitrogens with zero attached hydrogens (tertiary/aromatic N) is 2. The summed E-state index contributed by atoms with van der Waals surface area (Å²) in [5, 5.41) is 12.8. The number of anilines is 1. The number of aromatic hydroxyl groups is 1. The number of aromatic nitrogens is 2. The Morgan fingerprint density at radius 1 is 1.33 bits per heavy atom. The van der Waals surface area contributed by atoms with Crippen molar-refractivity contribution in [1.29, 1.82) is 0 Å². The van der Waals surface area contributed by atoms with Crippen molar-refractivity contribution in [2.24, 2.45) is 0 Å². The maximum Gasteiger partial charge on any atom is 0.223 e. The molecule has 0 atom stereocenters. The van der Waals surface area contributed by atoms with Gasteiger partial charge in [0.1, 0.15) is 11.5 Å². The van der Waals surface area contributed by atoms with Crippen molar-refractivity contribution < 1.29 is 9.84 Å². The minimum absolute atomic E-state index is 0.218. The summed E-state index contributed by atoms with van der Waals surface area (Å²) >= 11 is 0. The first-order valence-electron chi connectivity index (χ1n) is 5.58. The fourth-order valence-corrected chi connectivity index (χ4v) is 1.54. The highest BCUT2D eigenvalue weighted by molar-refractivity contribution is 5.41. The lowest BCUT2D eigenvalue weighted by atomic mass is 10.2. The quantitative estimate of drug-likeness (QED) is 0.863. The predicted molar refractivity (Wildman–Crippen MR) is 68.8 cm³/mol. The molecule has 1 heterocycles. The van der Waals surface area contributed by atoms with Crippen molar-refractivity contribution in [3.8, 4) is 11.5 Å². The lowest BCUT2D eigenvalue weighted by Crippen LogP contribution is -2.04. The average molecular weight is 245 g/mol. The highest BCUT2D eigenvalue weighted by atomic mass is 16.5. The molecular weight excluding hydrogens is 230 g/mol. The Balaban J connectivity index is 2.10. The van der Waals surface area contributed by atoms with Gasteiger partial charge in [-0.3, -0.25) is 0 Å². The lowest BCUT2D eigenvalue weighted by Gasteiger charge is -2.08. The first kappa shape index (κ1) is 12.2. The Morgan fingerprint density at radius 2 is 2.17 bits per heavy atom. The number of benzene rings is 1. The van der Waals surface area contributed by atoms with Crippen LogP contribution in [0.5, 0.6) is 11.5 Å². The summed E-state index contributed by atoms with van der Waals surface area (Å²) in [6.07, 6.45) is 1.69. The normalized spacial score (nSPS) is 10.1. The second kappa shape index (κ2) is 5.35. The molecule has 5 nitrogen and oxygen atoms in total. The third-order valence-electron chi connectivity index (χ3n) is 2.52. The topological polar surface area (TPSA) is 67.3 Å². The summed E-state index contributed by atoms with van der Waals surface area (Å²) in [5.41, 5.74) is 1.63. The number of nitrogens with one attached hydrogen (secondary N) is 1. The molecule has 0 saturated heterocycles. The van der Waals surface area contributed by atoms with Gasteiger partial charge >= 0.3 is 0 Å². The largest absolute Gasteiger partial charge is 0.508 e. The molecule has 0 aliphatic heterocycles. The van der Waals surface area contributed by atoms with E-state index in [9.17, 15) is 5.11 Å². The number of hydrogen-bond donors (Lipinski definition) is 2. The van der Waals surface area contributed by atoms with E-state index in [-0.39, 0.29) is 5.75 Å². The highest BCUT2D eigenvalue weighted by Gasteiger charge is 2.04. The van der Waals surface area contributed by atoms with Crippen molar-refractivity contribution in [1.82, 2.24) is 9.97 Å². The Kier molecular flexibility index (Phi) is 3.62. The van der Waals surface area contributed by atoms with Crippen LogP contribution in [0.1, 0.15) is 11.3 Å². The van der Waals surface area contributed by atoms with Gasteiger partial charge in [0.25, 0.3) is 0 Å². The Bertz CT molecular complexity index is 544. The summed E-state index contributed by atoms with van der Waals surface area (Å²) in [6, 6.07) is 6.92. The Labute approximate surface area is 105 Å². The van der Waals surface area contributed by atoms with Crippen LogP contribution in [0, 0.1) is 6.92 Å². The predicted octanol–water partition coefficient (Wildman–Crippen LogP) is 2.11. The molecular formula is C13H15N3O2. The molecule has 1 aromatic carbocycles. The average Bonchev–Trinajstić information content (AvgIpc) is 2.38. The zero-order valence-electron chi connectivity index (χ0n) is 10.3. The van der Waals surface area contributed by atoms with E-state index in [0.29, 0.717) is 18.2 Å². The summed E-state index contributed by atoms with van der Waals surface area (Å²) in [4.78, 5) is 8.32. The van der Waals surface area contributed by atoms with Crippen LogP contribution in [-0.4, -0.2) is 22.2 Å². The highest BCUT2D eigenvalue weighted by Crippen LogP contribution is 2.23. The van der Waals surface area contributed by atoms with Gasteiger partial charge in [0.15, 0.2) is 0 Å². The molecule has 0 amide bonds. The van der Waals surface area contributed by atoms with Crippen LogP contribution < -0.4 is 10.1 Å². The van der Waals surface area contributed by atoms with Gasteiger partial charge in [0, 0.05) is 24.0 Å². The van der Waals surface area contributed by atoms with E-state index in [0.717, 1.165) is 11.3 Å². The van der Waals surface area contributed by atoms with Gasteiger partial charge in [0.2, 0.25) is 5.95 Å². The maximum atomic E-state index is 9.73. The van der Waals surface area contributed by atoms with Crippen molar-refractivity contribution in [3.63, 3.8) is 0 Å². The van der Waals surface area contributed by atoms with Crippen LogP contribution >= 0.6 is 0 Å². The standard InChI is InChI=1S/C13H15N3O2/c1-9-5-6-14-13(16-9)15-8-10-7-11(18-2)3-4-12(10)17/h3-7,17H,8H2,1-2H3,(H,14,15,16). The van der Waals surface area contributed by atoms with Gasteiger partial charge in [-0.15, -0.1) is 0 Å². The molecule has 0 aliphatic carbocycles. The number of phenolic OH excluding ortho intramolecular Hbond substituents is 1. The first-order valence-corrected chi connectivity index (χ1v) is 5.58. The summed E-state index contributed by atoms with van der Waals surface area (Å²) in [7, 11) is 1.59. The van der Waals surface area contributed by atoms with Gasteiger partial charge < -0.3 is 15.2 Å². The monoisotopic (exact) mass is 245 g/mol. The van der Waals surface area contributed by atoms with Crippen molar-refractivity contribution in [3.05, 3.63) is 41.7 Å². The molecule has 18 heavy (non-hydrogen) atoms. The van der Waals surface area contributed by atoms with E-state index in [1.54, 1.807) is 31.5 Å². The summed E-state index contributed by atoms with van der Waals surface area (Å²) in [6.45, 7) is 2.34. The van der Waals surface area contributed by atoms with Crippen LogP contribution in [0.15, 0.2) is 30.5 Å². The van der Waals surface area contributed by atoms with Crippen LogP contribution in [-0.2, 0) is 6.54 Å². The minimum Gasteiger partial charge on any atom is -0.508 e. The second-order valence-electron chi connectivity index (χ2n) is 3.87. The molecule has 0 bridgehead atoms. The van der Waals surface area contributed by atoms with Gasteiger partial charge in [-0.05, 0) is 31.2 Å². The van der Waals surface area contributed by atoms with Crippen LogP contribution in [0.3, 0.4) is 0 Å². The first-order chi connectivity index (χ1) is 8.69. The van der Waals surface area contributed by atoms with Gasteiger partial charge in [-0.1, -0.05) is 0 Å². The minimum atomic E-state index is 0.218. The molecule has 0 unspecified atom stereocenters. The molecule has 0 spiro atoms. The van der Waals surface area contributed by atoms with Gasteiger partial charge in [0.05, 0.1) is 7.11 Å². The molecule has 5 heteroatoms. The van der Waals surface area contributed by atoms with E-state index in [1.807, 2.05) is 13.0 Å². The van der Waals surface area contributed by atoms with Crippen LogP contribution in [0.2, 0.25) is 0 Å². The van der Waals surface area contributed by atoms with Gasteiger partial charge in [-0.25, -0.2) is 9.97 Å². The number of aryl methyl sites for hydroxylation is 1. The third-order valence-corrected chi connectivity index (χ3v) is 2.52. The Hall–Kier alpha value is -2.30. The third kappa shape index (κ3) is 2.88. The molecule has 2 aromatic rings. The zero-order chi connectivity index (χ0) is 13.0. The van der Waals surface area contributed by atoms with E-state index < -0.39 is 0 Å². The van der Waals surface area contributed by atoms with E-state index in [4.69, 9.17) is 4.74 Å². The van der Waals surface area contributed by atoms with Crippen LogP contribution in [0.25, 0.3) is 0 Å². The van der Waals surface area contributed by atoms with E-state index >= 15 is 0 Å². The maximum absolute atomic E-state index is 9.73. The zero-order valence-corrected chi connectivity index (χ0v) is 10.3. The number of methoxy groups -OCH3 is 1. The SMILES string of the molecule is COc1ccc(O)c(CNc2nccc(C)n2)c1. The molecule has 0 fully saturated rings. The molecule has 2 rings (SSSR count). The van der Waals surface area contributed by atoms with E-state index in [2.05, 4.69) is 15.3 Å². The summed E-state index contributed by atoms with van der Waals surface area (Å²) < 4.78 is 5.11.